The van der Waals surface area contributed by atoms with Gasteiger partial charge in [-0.05, 0) is 61.2 Å². The predicted molar refractivity (Wildman–Crippen MR) is 143 cm³/mol. The molecule has 10 heteroatoms. The summed E-state index contributed by atoms with van der Waals surface area (Å²) >= 11 is 7.07. The molecule has 2 aromatic heterocycles. The summed E-state index contributed by atoms with van der Waals surface area (Å²) in [4.78, 5) is 29.5. The zero-order valence-corrected chi connectivity index (χ0v) is 22.4. The maximum Gasteiger partial charge on any atom is 0.257 e. The lowest BCUT2D eigenvalue weighted by Crippen LogP contribution is -2.13. The molecule has 2 amide bonds. The van der Waals surface area contributed by atoms with Gasteiger partial charge in [0.1, 0.15) is 11.6 Å². The summed E-state index contributed by atoms with van der Waals surface area (Å²) in [6.45, 7) is 7.98. The molecule has 0 fully saturated rings. The van der Waals surface area contributed by atoms with Crippen molar-refractivity contribution in [3.8, 4) is 0 Å². The SMILES string of the molecule is Cc1cc(C(=O)Nc2cc(C(C)(C)C)on2)ccc1CCc1csc(NC(=O)c2ccc(F)c(Cl)c2)n1. The molecule has 2 aromatic carbocycles. The molecule has 4 aromatic rings. The Morgan fingerprint density at radius 2 is 1.73 bits per heavy atom. The molecule has 0 saturated heterocycles. The van der Waals surface area contributed by atoms with Gasteiger partial charge in [0.15, 0.2) is 10.9 Å². The first-order valence-corrected chi connectivity index (χ1v) is 12.8. The van der Waals surface area contributed by atoms with Crippen molar-refractivity contribution in [2.45, 2.75) is 46.0 Å². The van der Waals surface area contributed by atoms with E-state index in [9.17, 15) is 14.0 Å². The van der Waals surface area contributed by atoms with Gasteiger partial charge in [0, 0.05) is 28.0 Å². The molecule has 0 unspecified atom stereocenters. The molecule has 0 spiro atoms. The van der Waals surface area contributed by atoms with Crippen LogP contribution in [0.5, 0.6) is 0 Å². The summed E-state index contributed by atoms with van der Waals surface area (Å²) in [5.74, 6) is -0.175. The van der Waals surface area contributed by atoms with Crippen LogP contribution in [0.15, 0.2) is 52.4 Å². The monoisotopic (exact) mass is 540 g/mol. The molecule has 192 valence electrons. The average molecular weight is 541 g/mol. The van der Waals surface area contributed by atoms with Gasteiger partial charge in [-0.15, -0.1) is 11.3 Å². The van der Waals surface area contributed by atoms with Gasteiger partial charge in [-0.2, -0.15) is 0 Å². The average Bonchev–Trinajstić information content (AvgIpc) is 3.49. The second kappa shape index (κ2) is 10.8. The Balaban J connectivity index is 1.33. The number of carbonyl (C=O) groups excluding carboxylic acids is 2. The van der Waals surface area contributed by atoms with Crippen LogP contribution in [0, 0.1) is 12.7 Å². The van der Waals surface area contributed by atoms with Crippen molar-refractivity contribution in [3.05, 3.63) is 92.4 Å². The number of thiazole rings is 1. The Hall–Kier alpha value is -3.56. The Kier molecular flexibility index (Phi) is 7.75. The van der Waals surface area contributed by atoms with Crippen molar-refractivity contribution in [2.75, 3.05) is 10.6 Å². The highest BCUT2D eigenvalue weighted by atomic mass is 35.5. The number of hydrogen-bond donors (Lipinski definition) is 2. The number of amides is 2. The van der Waals surface area contributed by atoms with Crippen molar-refractivity contribution in [3.63, 3.8) is 0 Å². The van der Waals surface area contributed by atoms with Crippen LogP contribution in [-0.4, -0.2) is 22.0 Å². The number of anilines is 2. The summed E-state index contributed by atoms with van der Waals surface area (Å²) in [5.41, 5.74) is 3.49. The van der Waals surface area contributed by atoms with Crippen LogP contribution in [0.1, 0.15) is 64.1 Å². The van der Waals surface area contributed by atoms with Gasteiger partial charge >= 0.3 is 0 Å². The zero-order chi connectivity index (χ0) is 26.7. The number of rotatable bonds is 7. The molecular weight excluding hydrogens is 515 g/mol. The molecule has 0 aliphatic heterocycles. The highest BCUT2D eigenvalue weighted by Crippen LogP contribution is 2.25. The number of benzene rings is 2. The van der Waals surface area contributed by atoms with Gasteiger partial charge in [-0.25, -0.2) is 9.37 Å². The third kappa shape index (κ3) is 6.61. The van der Waals surface area contributed by atoms with Crippen molar-refractivity contribution >= 4 is 45.7 Å². The van der Waals surface area contributed by atoms with E-state index in [2.05, 4.69) is 20.8 Å². The second-order valence-corrected chi connectivity index (χ2v) is 10.9. The largest absolute Gasteiger partial charge is 0.359 e. The predicted octanol–water partition coefficient (Wildman–Crippen LogP) is 6.82. The topological polar surface area (TPSA) is 97.1 Å². The van der Waals surface area contributed by atoms with Crippen LogP contribution >= 0.6 is 22.9 Å². The van der Waals surface area contributed by atoms with Crippen molar-refractivity contribution in [2.24, 2.45) is 0 Å². The quantitative estimate of drug-likeness (QED) is 0.268. The summed E-state index contributed by atoms with van der Waals surface area (Å²) < 4.78 is 18.7. The lowest BCUT2D eigenvalue weighted by Gasteiger charge is -2.12. The maximum atomic E-state index is 13.3. The smallest absolute Gasteiger partial charge is 0.257 e. The number of hydrogen-bond acceptors (Lipinski definition) is 6. The summed E-state index contributed by atoms with van der Waals surface area (Å²) in [6, 6.07) is 11.1. The van der Waals surface area contributed by atoms with E-state index >= 15 is 0 Å². The lowest BCUT2D eigenvalue weighted by atomic mass is 9.93. The molecule has 0 atom stereocenters. The fourth-order valence-corrected chi connectivity index (χ4v) is 4.46. The Bertz CT molecular complexity index is 1460. The van der Waals surface area contributed by atoms with Crippen LogP contribution in [-0.2, 0) is 18.3 Å². The van der Waals surface area contributed by atoms with Gasteiger partial charge in [0.2, 0.25) is 0 Å². The second-order valence-electron chi connectivity index (χ2n) is 9.65. The molecule has 0 saturated carbocycles. The molecule has 0 radical (unpaired) electrons. The first-order chi connectivity index (χ1) is 17.5. The Morgan fingerprint density at radius 1 is 1.03 bits per heavy atom. The molecule has 7 nitrogen and oxygen atoms in total. The van der Waals surface area contributed by atoms with Crippen LogP contribution < -0.4 is 10.6 Å². The minimum Gasteiger partial charge on any atom is -0.359 e. The number of halogens is 2. The number of nitrogens with zero attached hydrogens (tertiary/aromatic N) is 2. The van der Waals surface area contributed by atoms with E-state index in [0.29, 0.717) is 28.7 Å². The minimum absolute atomic E-state index is 0.112. The minimum atomic E-state index is -0.580. The summed E-state index contributed by atoms with van der Waals surface area (Å²) in [5, 5.41) is 11.7. The normalized spacial score (nSPS) is 11.4. The van der Waals surface area contributed by atoms with Gasteiger partial charge < -0.3 is 9.84 Å². The summed E-state index contributed by atoms with van der Waals surface area (Å²) in [6.07, 6.45) is 1.38. The van der Waals surface area contributed by atoms with Crippen LogP contribution in [0.3, 0.4) is 0 Å². The number of nitrogens with one attached hydrogen (secondary N) is 2. The summed E-state index contributed by atoms with van der Waals surface area (Å²) in [7, 11) is 0. The first-order valence-electron chi connectivity index (χ1n) is 11.6. The fraction of sp³-hybridized carbons (Fsp3) is 0.259. The Morgan fingerprint density at radius 3 is 2.41 bits per heavy atom. The van der Waals surface area contributed by atoms with Crippen molar-refractivity contribution in [1.82, 2.24) is 10.1 Å². The molecule has 0 aliphatic carbocycles. The molecule has 37 heavy (non-hydrogen) atoms. The first kappa shape index (κ1) is 26.5. The molecule has 2 N–H and O–H groups in total. The standard InChI is InChI=1S/C27H26ClFN4O3S/c1-15-11-17(24(34)31-23-13-22(36-33-23)27(2,3)4)6-5-16(15)7-9-19-14-37-26(30-19)32-25(35)18-8-10-21(29)20(28)12-18/h5-6,8,10-14H,7,9H2,1-4H3,(H,30,32,35)(H,31,33,34). The van der Waals surface area contributed by atoms with E-state index in [1.165, 1.54) is 23.5 Å². The van der Waals surface area contributed by atoms with E-state index in [1.807, 2.05) is 45.2 Å². The van der Waals surface area contributed by atoms with Crippen LogP contribution in [0.2, 0.25) is 5.02 Å². The van der Waals surface area contributed by atoms with Gasteiger partial charge in [-0.1, -0.05) is 43.6 Å². The van der Waals surface area contributed by atoms with Crippen LogP contribution in [0.4, 0.5) is 15.3 Å². The van der Waals surface area contributed by atoms with E-state index < -0.39 is 11.7 Å². The Labute approximate surface area is 223 Å². The zero-order valence-electron chi connectivity index (χ0n) is 20.8. The highest BCUT2D eigenvalue weighted by Gasteiger charge is 2.21. The highest BCUT2D eigenvalue weighted by molar-refractivity contribution is 7.14. The fourth-order valence-electron chi connectivity index (χ4n) is 3.54. The maximum absolute atomic E-state index is 13.3. The number of aryl methyl sites for hydroxylation is 3. The van der Waals surface area contributed by atoms with Crippen LogP contribution in [0.25, 0.3) is 0 Å². The van der Waals surface area contributed by atoms with E-state index in [0.717, 1.165) is 29.3 Å². The molecule has 0 bridgehead atoms. The van der Waals surface area contributed by atoms with Crippen molar-refractivity contribution in [1.29, 1.82) is 0 Å². The molecule has 2 heterocycles. The van der Waals surface area contributed by atoms with E-state index in [4.69, 9.17) is 16.1 Å². The number of carbonyl (C=O) groups is 2. The van der Waals surface area contributed by atoms with E-state index in [1.54, 1.807) is 12.1 Å². The number of aromatic nitrogens is 2. The third-order valence-electron chi connectivity index (χ3n) is 5.70. The molecular formula is C27H26ClFN4O3S. The van der Waals surface area contributed by atoms with Crippen molar-refractivity contribution < 1.29 is 18.5 Å². The van der Waals surface area contributed by atoms with E-state index in [-0.39, 0.29) is 21.9 Å². The van der Waals surface area contributed by atoms with Gasteiger partial charge in [-0.3, -0.25) is 14.9 Å². The van der Waals surface area contributed by atoms with Gasteiger partial charge in [0.05, 0.1) is 10.7 Å². The lowest BCUT2D eigenvalue weighted by molar-refractivity contribution is 0.101. The van der Waals surface area contributed by atoms with Gasteiger partial charge in [0.25, 0.3) is 11.8 Å². The third-order valence-corrected chi connectivity index (χ3v) is 6.80. The molecule has 0 aliphatic rings. The molecule has 4 rings (SSSR count).